The van der Waals surface area contributed by atoms with Crippen LogP contribution in [0.15, 0.2) is 30.4 Å². The van der Waals surface area contributed by atoms with Gasteiger partial charge in [-0.15, -0.1) is 0 Å². The maximum atomic E-state index is 12.2. The Morgan fingerprint density at radius 3 is 2.38 bits per heavy atom. The van der Waals surface area contributed by atoms with Gasteiger partial charge >= 0.3 is 0 Å². The number of hydrogen-bond donors (Lipinski definition) is 0. The molecule has 3 nitrogen and oxygen atoms in total. The zero-order valence-electron chi connectivity index (χ0n) is 14.8. The number of carbonyl (C=O) groups excluding carboxylic acids is 2. The van der Waals surface area contributed by atoms with Crippen molar-refractivity contribution >= 4 is 11.8 Å². The molecule has 1 aromatic carbocycles. The molecule has 2 atom stereocenters. The Balaban J connectivity index is 1.91. The van der Waals surface area contributed by atoms with Gasteiger partial charge < -0.3 is 0 Å². The fourth-order valence-electron chi connectivity index (χ4n) is 4.03. The lowest BCUT2D eigenvalue weighted by molar-refractivity contribution is -0.139. The molecule has 3 rings (SSSR count). The number of imide groups is 1. The molecule has 0 spiro atoms. The molecule has 1 aliphatic heterocycles. The fourth-order valence-corrected chi connectivity index (χ4v) is 4.03. The predicted octanol–water partition coefficient (Wildman–Crippen LogP) is 4.67. The van der Waals surface area contributed by atoms with Gasteiger partial charge in [0.15, 0.2) is 0 Å². The maximum absolute atomic E-state index is 12.2. The molecule has 0 unspecified atom stereocenters. The summed E-state index contributed by atoms with van der Waals surface area (Å²) in [5, 5.41) is 0. The highest BCUT2D eigenvalue weighted by Crippen LogP contribution is 2.47. The van der Waals surface area contributed by atoms with Crippen LogP contribution in [0.3, 0.4) is 0 Å². The molecular weight excluding hydrogens is 298 g/mol. The lowest BCUT2D eigenvalue weighted by Crippen LogP contribution is -2.33. The van der Waals surface area contributed by atoms with Crippen molar-refractivity contribution < 1.29 is 9.59 Å². The second-order valence-electron chi connectivity index (χ2n) is 7.04. The van der Waals surface area contributed by atoms with Crippen molar-refractivity contribution in [2.24, 2.45) is 0 Å². The molecule has 1 heterocycles. The van der Waals surface area contributed by atoms with Gasteiger partial charge in [0.05, 0.1) is 6.04 Å². The molecule has 128 valence electrons. The van der Waals surface area contributed by atoms with Gasteiger partial charge in [-0.05, 0) is 48.3 Å². The van der Waals surface area contributed by atoms with Gasteiger partial charge in [-0.2, -0.15) is 0 Å². The number of unbranched alkanes of at least 4 members (excludes halogenated alkanes) is 2. The monoisotopic (exact) mass is 325 g/mol. The Morgan fingerprint density at radius 2 is 1.71 bits per heavy atom. The van der Waals surface area contributed by atoms with Gasteiger partial charge in [0.25, 0.3) is 11.8 Å². The molecule has 2 aliphatic rings. The molecule has 0 fully saturated rings. The lowest BCUT2D eigenvalue weighted by Gasteiger charge is -2.23. The molecular formula is C21H27NO2. The summed E-state index contributed by atoms with van der Waals surface area (Å²) in [6.07, 6.45) is 10.6. The van der Waals surface area contributed by atoms with E-state index in [4.69, 9.17) is 0 Å². The van der Waals surface area contributed by atoms with Crippen LogP contribution in [0.2, 0.25) is 0 Å². The van der Waals surface area contributed by atoms with Crippen LogP contribution in [0, 0.1) is 0 Å². The van der Waals surface area contributed by atoms with Gasteiger partial charge in [-0.1, -0.05) is 51.3 Å². The minimum Gasteiger partial charge on any atom is -0.269 e. The van der Waals surface area contributed by atoms with E-state index in [9.17, 15) is 9.59 Å². The first-order valence-electron chi connectivity index (χ1n) is 9.33. The van der Waals surface area contributed by atoms with Crippen LogP contribution < -0.4 is 0 Å². The first kappa shape index (κ1) is 16.9. The molecule has 0 saturated heterocycles. The van der Waals surface area contributed by atoms with Gasteiger partial charge in [0, 0.05) is 12.2 Å². The van der Waals surface area contributed by atoms with Crippen LogP contribution in [0.4, 0.5) is 0 Å². The lowest BCUT2D eigenvalue weighted by atomic mass is 9.94. The summed E-state index contributed by atoms with van der Waals surface area (Å²) < 4.78 is 0. The number of fused-ring (bicyclic) bond motifs is 1. The van der Waals surface area contributed by atoms with E-state index in [1.165, 1.54) is 59.4 Å². The minimum absolute atomic E-state index is 0.0848. The van der Waals surface area contributed by atoms with E-state index in [2.05, 4.69) is 32.0 Å². The number of benzene rings is 1. The third-order valence-electron chi connectivity index (χ3n) is 5.34. The van der Waals surface area contributed by atoms with E-state index < -0.39 is 0 Å². The maximum Gasteiger partial charge on any atom is 0.254 e. The average Bonchev–Trinajstić information content (AvgIpc) is 3.10. The molecule has 0 saturated carbocycles. The van der Waals surface area contributed by atoms with E-state index in [1.54, 1.807) is 0 Å². The number of aryl methyl sites for hydroxylation is 1. The highest BCUT2D eigenvalue weighted by Gasteiger charge is 2.39. The van der Waals surface area contributed by atoms with Crippen molar-refractivity contribution in [2.75, 3.05) is 0 Å². The third kappa shape index (κ3) is 3.17. The topological polar surface area (TPSA) is 37.4 Å². The summed E-state index contributed by atoms with van der Waals surface area (Å²) in [4.78, 5) is 25.8. The second kappa shape index (κ2) is 7.33. The van der Waals surface area contributed by atoms with E-state index in [1.807, 2.05) is 0 Å². The largest absolute Gasteiger partial charge is 0.269 e. The first-order chi connectivity index (χ1) is 11.7. The van der Waals surface area contributed by atoms with Crippen molar-refractivity contribution in [3.05, 3.63) is 47.0 Å². The number of hydrogen-bond acceptors (Lipinski definition) is 2. The Labute approximate surface area is 144 Å². The smallest absolute Gasteiger partial charge is 0.254 e. The highest BCUT2D eigenvalue weighted by molar-refractivity contribution is 6.13. The summed E-state index contributed by atoms with van der Waals surface area (Å²) in [6, 6.07) is 6.65. The van der Waals surface area contributed by atoms with Crippen LogP contribution in [0.5, 0.6) is 0 Å². The molecule has 0 aromatic heterocycles. The van der Waals surface area contributed by atoms with Crippen molar-refractivity contribution in [2.45, 2.75) is 70.8 Å². The van der Waals surface area contributed by atoms with Gasteiger partial charge in [-0.25, -0.2) is 0 Å². The van der Waals surface area contributed by atoms with Gasteiger partial charge in [0.2, 0.25) is 0 Å². The predicted molar refractivity (Wildman–Crippen MR) is 95.7 cm³/mol. The standard InChI is InChI=1S/C21H27NO2/c1-3-5-7-15-9-10-17-16(8-6-4-2)14-19(18(17)13-15)22-20(23)11-12-21(22)24/h9-13,16,19H,3-8,14H2,1-2H3/t16-,19-/m0/s1. The zero-order chi connectivity index (χ0) is 17.1. The molecule has 3 heteroatoms. The van der Waals surface area contributed by atoms with Gasteiger partial charge in [0.1, 0.15) is 0 Å². The quantitative estimate of drug-likeness (QED) is 0.683. The van der Waals surface area contributed by atoms with E-state index in [0.29, 0.717) is 5.92 Å². The van der Waals surface area contributed by atoms with Crippen LogP contribution in [0.25, 0.3) is 0 Å². The third-order valence-corrected chi connectivity index (χ3v) is 5.34. The summed E-state index contributed by atoms with van der Waals surface area (Å²) in [5.41, 5.74) is 3.88. The molecule has 0 radical (unpaired) electrons. The molecule has 24 heavy (non-hydrogen) atoms. The van der Waals surface area contributed by atoms with Crippen LogP contribution in [0.1, 0.15) is 81.0 Å². The molecule has 1 aliphatic carbocycles. The molecule has 0 bridgehead atoms. The summed E-state index contributed by atoms with van der Waals surface area (Å²) in [6.45, 7) is 4.41. The highest BCUT2D eigenvalue weighted by atomic mass is 16.2. The number of nitrogens with zero attached hydrogens (tertiary/aromatic N) is 1. The Bertz CT molecular complexity index is 644. The average molecular weight is 325 g/mol. The Morgan fingerprint density at radius 1 is 1.00 bits per heavy atom. The van der Waals surface area contributed by atoms with Crippen molar-refractivity contribution in [1.82, 2.24) is 4.90 Å². The normalized spacial score (nSPS) is 22.5. The Hall–Kier alpha value is -1.90. The Kier molecular flexibility index (Phi) is 5.17. The summed E-state index contributed by atoms with van der Waals surface area (Å²) in [7, 11) is 0. The number of carbonyl (C=O) groups is 2. The molecule has 0 N–H and O–H groups in total. The van der Waals surface area contributed by atoms with Crippen LogP contribution in [-0.2, 0) is 16.0 Å². The zero-order valence-corrected chi connectivity index (χ0v) is 14.8. The van der Waals surface area contributed by atoms with Crippen molar-refractivity contribution in [1.29, 1.82) is 0 Å². The minimum atomic E-state index is -0.161. The van der Waals surface area contributed by atoms with Crippen LogP contribution >= 0.6 is 0 Å². The summed E-state index contributed by atoms with van der Waals surface area (Å²) >= 11 is 0. The van der Waals surface area contributed by atoms with Crippen molar-refractivity contribution in [3.8, 4) is 0 Å². The van der Waals surface area contributed by atoms with Gasteiger partial charge in [-0.3, -0.25) is 14.5 Å². The number of amides is 2. The van der Waals surface area contributed by atoms with Crippen molar-refractivity contribution in [3.63, 3.8) is 0 Å². The summed E-state index contributed by atoms with van der Waals surface area (Å²) in [5.74, 6) is 0.142. The van der Waals surface area contributed by atoms with E-state index in [0.717, 1.165) is 19.3 Å². The second-order valence-corrected chi connectivity index (χ2v) is 7.04. The molecule has 2 amide bonds. The first-order valence-corrected chi connectivity index (χ1v) is 9.33. The van der Waals surface area contributed by atoms with Crippen LogP contribution in [-0.4, -0.2) is 16.7 Å². The fraction of sp³-hybridized carbons (Fsp3) is 0.524. The number of rotatable bonds is 7. The SMILES string of the molecule is CCCCc1ccc2c(c1)[C@@H](N1C(=O)C=CC1=O)C[C@@H]2CCCC. The van der Waals surface area contributed by atoms with E-state index >= 15 is 0 Å². The van der Waals surface area contributed by atoms with E-state index in [-0.39, 0.29) is 17.9 Å². The molecule has 1 aromatic rings.